The normalized spacial score (nSPS) is 20.1. The molecule has 6 nitrogen and oxygen atoms in total. The van der Waals surface area contributed by atoms with Gasteiger partial charge >= 0.3 is 0 Å². The zero-order valence-electron chi connectivity index (χ0n) is 16.6. The number of H-pyrrole nitrogens is 1. The molecule has 6 heteroatoms. The van der Waals surface area contributed by atoms with E-state index in [9.17, 15) is 4.79 Å². The molecule has 1 atom stereocenters. The summed E-state index contributed by atoms with van der Waals surface area (Å²) in [7, 11) is 0. The average molecular weight is 390 g/mol. The van der Waals surface area contributed by atoms with Gasteiger partial charge < -0.3 is 10.2 Å². The van der Waals surface area contributed by atoms with Gasteiger partial charge in [0.1, 0.15) is 5.69 Å². The number of nitrogens with one attached hydrogen (secondary N) is 2. The number of rotatable bonds is 6. The predicted molar refractivity (Wildman–Crippen MR) is 114 cm³/mol. The zero-order chi connectivity index (χ0) is 19.6. The summed E-state index contributed by atoms with van der Waals surface area (Å²) in [6.45, 7) is 4.33. The van der Waals surface area contributed by atoms with Crippen LogP contribution in [0.3, 0.4) is 0 Å². The highest BCUT2D eigenvalue weighted by atomic mass is 16.1. The van der Waals surface area contributed by atoms with Gasteiger partial charge in [0.15, 0.2) is 0 Å². The van der Waals surface area contributed by atoms with E-state index < -0.39 is 0 Å². The summed E-state index contributed by atoms with van der Waals surface area (Å²) in [5.41, 5.74) is 3.44. The van der Waals surface area contributed by atoms with Crippen LogP contribution in [0.4, 0.5) is 0 Å². The highest BCUT2D eigenvalue weighted by Gasteiger charge is 2.27. The van der Waals surface area contributed by atoms with Crippen LogP contribution in [0.5, 0.6) is 0 Å². The van der Waals surface area contributed by atoms with Crippen molar-refractivity contribution < 1.29 is 4.79 Å². The molecule has 5 rings (SSSR count). The molecule has 1 aromatic carbocycles. The van der Waals surface area contributed by atoms with Gasteiger partial charge in [0.05, 0.1) is 5.52 Å². The number of hydrogen-bond donors (Lipinski definition) is 2. The molecule has 2 aromatic heterocycles. The average Bonchev–Trinajstić information content (AvgIpc) is 3.47. The zero-order valence-corrected chi connectivity index (χ0v) is 16.6. The number of piperidine rings is 1. The Kier molecular flexibility index (Phi) is 5.02. The summed E-state index contributed by atoms with van der Waals surface area (Å²) in [4.78, 5) is 19.5. The van der Waals surface area contributed by atoms with E-state index in [1.807, 2.05) is 30.3 Å². The second kappa shape index (κ2) is 7.95. The molecule has 1 aliphatic carbocycles. The van der Waals surface area contributed by atoms with Crippen molar-refractivity contribution in [1.82, 2.24) is 25.4 Å². The molecule has 1 aliphatic heterocycles. The quantitative estimate of drug-likeness (QED) is 0.677. The number of amides is 1. The minimum atomic E-state index is -0.00639. The maximum absolute atomic E-state index is 12.8. The van der Waals surface area contributed by atoms with Gasteiger partial charge in [-0.1, -0.05) is 0 Å². The smallest absolute Gasteiger partial charge is 0.251 e. The second-order valence-electron chi connectivity index (χ2n) is 8.49. The van der Waals surface area contributed by atoms with E-state index in [2.05, 4.69) is 25.4 Å². The predicted octanol–water partition coefficient (Wildman–Crippen LogP) is 3.48. The Morgan fingerprint density at radius 1 is 1.14 bits per heavy atom. The lowest BCUT2D eigenvalue weighted by Crippen LogP contribution is -2.41. The summed E-state index contributed by atoms with van der Waals surface area (Å²) >= 11 is 0. The Bertz CT molecular complexity index is 995. The van der Waals surface area contributed by atoms with Crippen LogP contribution in [-0.4, -0.2) is 52.2 Å². The van der Waals surface area contributed by atoms with Crippen molar-refractivity contribution >= 4 is 16.8 Å². The van der Waals surface area contributed by atoms with Crippen LogP contribution in [0.25, 0.3) is 22.2 Å². The first-order valence-corrected chi connectivity index (χ1v) is 10.7. The van der Waals surface area contributed by atoms with Crippen LogP contribution >= 0.6 is 0 Å². The summed E-state index contributed by atoms with van der Waals surface area (Å²) in [5.74, 6) is 1.48. The Morgan fingerprint density at radius 3 is 2.83 bits per heavy atom. The van der Waals surface area contributed by atoms with Gasteiger partial charge in [-0.15, -0.1) is 0 Å². The van der Waals surface area contributed by atoms with Crippen molar-refractivity contribution in [3.8, 4) is 11.3 Å². The second-order valence-corrected chi connectivity index (χ2v) is 8.49. The first-order valence-electron chi connectivity index (χ1n) is 10.7. The Morgan fingerprint density at radius 2 is 2.00 bits per heavy atom. The van der Waals surface area contributed by atoms with Gasteiger partial charge in [0.2, 0.25) is 0 Å². The molecule has 0 spiro atoms. The number of aromatic nitrogens is 3. The number of pyridine rings is 1. The number of likely N-dealkylation sites (tertiary alicyclic amines) is 1. The van der Waals surface area contributed by atoms with Crippen LogP contribution in [0.1, 0.15) is 36.0 Å². The largest absolute Gasteiger partial charge is 0.352 e. The monoisotopic (exact) mass is 389 g/mol. The minimum Gasteiger partial charge on any atom is -0.352 e. The van der Waals surface area contributed by atoms with Gasteiger partial charge in [0.25, 0.3) is 5.91 Å². The Labute approximate surface area is 170 Å². The van der Waals surface area contributed by atoms with Crippen LogP contribution in [-0.2, 0) is 0 Å². The lowest BCUT2D eigenvalue weighted by atomic mass is 9.97. The molecular weight excluding hydrogens is 362 g/mol. The van der Waals surface area contributed by atoms with E-state index >= 15 is 0 Å². The molecule has 2 aliphatic rings. The van der Waals surface area contributed by atoms with Crippen molar-refractivity contribution in [3.05, 3.63) is 48.3 Å². The SMILES string of the molecule is O=C(NCC1CCCN(CC2CC2)C1)c1ccc2[nH]nc(-c3ccncc3)c2c1. The van der Waals surface area contributed by atoms with Crippen molar-refractivity contribution in [2.24, 2.45) is 11.8 Å². The molecule has 1 saturated carbocycles. The summed E-state index contributed by atoms with van der Waals surface area (Å²) in [5, 5.41) is 11.6. The molecule has 3 heterocycles. The lowest BCUT2D eigenvalue weighted by Gasteiger charge is -2.32. The van der Waals surface area contributed by atoms with Crippen molar-refractivity contribution in [2.45, 2.75) is 25.7 Å². The molecular formula is C23H27N5O. The number of benzene rings is 1. The number of nitrogens with zero attached hydrogens (tertiary/aromatic N) is 3. The molecule has 2 fully saturated rings. The van der Waals surface area contributed by atoms with Crippen LogP contribution in [0.15, 0.2) is 42.7 Å². The fourth-order valence-corrected chi connectivity index (χ4v) is 4.37. The topological polar surface area (TPSA) is 73.9 Å². The standard InChI is InChI=1S/C23H27N5O/c29-23(25-13-17-2-1-11-28(15-17)14-16-3-4-16)19-5-6-21-20(12-19)22(27-26-21)18-7-9-24-10-8-18/h5-10,12,16-17H,1-4,11,13-15H2,(H,25,29)(H,26,27). The highest BCUT2D eigenvalue weighted by molar-refractivity contribution is 6.01. The molecule has 0 bridgehead atoms. The van der Waals surface area contributed by atoms with Gasteiger partial charge in [-0.3, -0.25) is 14.9 Å². The Balaban J connectivity index is 1.26. The molecule has 0 radical (unpaired) electrons. The number of aromatic amines is 1. The maximum Gasteiger partial charge on any atom is 0.251 e. The number of fused-ring (bicyclic) bond motifs is 1. The van der Waals surface area contributed by atoms with E-state index in [1.54, 1.807) is 12.4 Å². The first kappa shape index (κ1) is 18.3. The molecule has 1 amide bonds. The molecule has 29 heavy (non-hydrogen) atoms. The molecule has 2 N–H and O–H groups in total. The van der Waals surface area contributed by atoms with Gasteiger partial charge in [0, 0.05) is 48.5 Å². The molecule has 3 aromatic rings. The van der Waals surface area contributed by atoms with Crippen LogP contribution < -0.4 is 5.32 Å². The van der Waals surface area contributed by atoms with E-state index in [0.717, 1.165) is 41.2 Å². The van der Waals surface area contributed by atoms with Crippen molar-refractivity contribution in [3.63, 3.8) is 0 Å². The number of carbonyl (C=O) groups is 1. The third-order valence-corrected chi connectivity index (χ3v) is 6.15. The van der Waals surface area contributed by atoms with Crippen LogP contribution in [0, 0.1) is 11.8 Å². The molecule has 1 saturated heterocycles. The van der Waals surface area contributed by atoms with Gasteiger partial charge in [-0.05, 0) is 74.4 Å². The maximum atomic E-state index is 12.8. The van der Waals surface area contributed by atoms with Gasteiger partial charge in [-0.2, -0.15) is 5.10 Å². The van der Waals surface area contributed by atoms with E-state index in [1.165, 1.54) is 38.8 Å². The lowest BCUT2D eigenvalue weighted by molar-refractivity contribution is 0.0931. The third-order valence-electron chi connectivity index (χ3n) is 6.15. The summed E-state index contributed by atoms with van der Waals surface area (Å²) in [6.07, 6.45) is 8.75. The van der Waals surface area contributed by atoms with E-state index in [0.29, 0.717) is 11.5 Å². The third kappa shape index (κ3) is 4.17. The number of carbonyl (C=O) groups excluding carboxylic acids is 1. The molecule has 150 valence electrons. The van der Waals surface area contributed by atoms with E-state index in [-0.39, 0.29) is 5.91 Å². The van der Waals surface area contributed by atoms with E-state index in [4.69, 9.17) is 0 Å². The molecule has 1 unspecified atom stereocenters. The van der Waals surface area contributed by atoms with Crippen molar-refractivity contribution in [1.29, 1.82) is 0 Å². The first-order chi connectivity index (χ1) is 14.3. The van der Waals surface area contributed by atoms with Gasteiger partial charge in [-0.25, -0.2) is 0 Å². The highest BCUT2D eigenvalue weighted by Crippen LogP contribution is 2.31. The fraction of sp³-hybridized carbons (Fsp3) is 0.435. The van der Waals surface area contributed by atoms with Crippen molar-refractivity contribution in [2.75, 3.05) is 26.2 Å². The number of hydrogen-bond acceptors (Lipinski definition) is 4. The summed E-state index contributed by atoms with van der Waals surface area (Å²) in [6, 6.07) is 9.59. The summed E-state index contributed by atoms with van der Waals surface area (Å²) < 4.78 is 0. The Hall–Kier alpha value is -2.73. The van der Waals surface area contributed by atoms with Crippen LogP contribution in [0.2, 0.25) is 0 Å². The fourth-order valence-electron chi connectivity index (χ4n) is 4.37. The minimum absolute atomic E-state index is 0.00639.